The van der Waals surface area contributed by atoms with Crippen molar-refractivity contribution in [3.8, 4) is 17.0 Å². The van der Waals surface area contributed by atoms with Crippen LogP contribution in [0.3, 0.4) is 0 Å². The molecule has 0 aliphatic rings. The second kappa shape index (κ2) is 7.83. The van der Waals surface area contributed by atoms with Crippen molar-refractivity contribution in [2.45, 2.75) is 26.8 Å². The molecule has 1 amide bonds. The highest BCUT2D eigenvalue weighted by Gasteiger charge is 2.18. The maximum absolute atomic E-state index is 11.7. The fraction of sp³-hybridized carbons (Fsp3) is 0.389. The summed E-state index contributed by atoms with van der Waals surface area (Å²) in [5.74, 6) is 0.356. The molecule has 0 aliphatic heterocycles. The minimum atomic E-state index is -0.415. The quantitative estimate of drug-likeness (QED) is 0.761. The summed E-state index contributed by atoms with van der Waals surface area (Å²) in [6.45, 7) is 6.04. The van der Waals surface area contributed by atoms with Crippen molar-refractivity contribution in [1.29, 1.82) is 0 Å². The number of hydrogen-bond donors (Lipinski definition) is 1. The number of nitrogens with zero attached hydrogens (tertiary/aromatic N) is 1. The molecule has 0 fully saturated rings. The van der Waals surface area contributed by atoms with E-state index >= 15 is 0 Å². The third-order valence-corrected chi connectivity index (χ3v) is 3.89. The van der Waals surface area contributed by atoms with Crippen molar-refractivity contribution in [2.75, 3.05) is 20.3 Å². The molecule has 23 heavy (non-hydrogen) atoms. The second-order valence-electron chi connectivity index (χ2n) is 5.30. The summed E-state index contributed by atoms with van der Waals surface area (Å²) in [6, 6.07) is 9.61. The average Bonchev–Trinajstić information content (AvgIpc) is 2.88. The van der Waals surface area contributed by atoms with E-state index in [1.54, 1.807) is 7.11 Å². The van der Waals surface area contributed by atoms with E-state index < -0.39 is 5.91 Å². The van der Waals surface area contributed by atoms with Gasteiger partial charge in [-0.15, -0.1) is 0 Å². The van der Waals surface area contributed by atoms with Crippen LogP contribution in [0.1, 0.15) is 29.4 Å². The number of ether oxygens (including phenoxy) is 2. The lowest BCUT2D eigenvalue weighted by Gasteiger charge is -2.14. The summed E-state index contributed by atoms with van der Waals surface area (Å²) in [4.78, 5) is 11.7. The maximum atomic E-state index is 11.7. The molecule has 0 aliphatic carbocycles. The standard InChI is InChI=1S/C18H24N2O3/c1-4-23-11-7-10-20-13(2)15(18(19)21)12-16(20)14-8-5-6-9-17(14)22-3/h5-6,8-9,12H,4,7,10-11H2,1-3H3,(H2,19,21). The van der Waals surface area contributed by atoms with E-state index in [1.807, 2.05) is 44.2 Å². The normalized spacial score (nSPS) is 10.7. The molecule has 2 rings (SSSR count). The summed E-state index contributed by atoms with van der Waals surface area (Å²) < 4.78 is 13.0. The van der Waals surface area contributed by atoms with Gasteiger partial charge in [-0.05, 0) is 38.5 Å². The van der Waals surface area contributed by atoms with Gasteiger partial charge in [-0.2, -0.15) is 0 Å². The van der Waals surface area contributed by atoms with Crippen LogP contribution >= 0.6 is 0 Å². The van der Waals surface area contributed by atoms with Crippen LogP contribution in [0.25, 0.3) is 11.3 Å². The molecule has 0 bridgehead atoms. The molecule has 1 aromatic carbocycles. The monoisotopic (exact) mass is 316 g/mol. The van der Waals surface area contributed by atoms with Crippen molar-refractivity contribution in [3.63, 3.8) is 0 Å². The smallest absolute Gasteiger partial charge is 0.250 e. The molecule has 2 N–H and O–H groups in total. The van der Waals surface area contributed by atoms with E-state index in [9.17, 15) is 4.79 Å². The van der Waals surface area contributed by atoms with E-state index in [0.29, 0.717) is 18.8 Å². The van der Waals surface area contributed by atoms with Gasteiger partial charge in [-0.3, -0.25) is 4.79 Å². The van der Waals surface area contributed by atoms with Crippen LogP contribution in [0, 0.1) is 6.92 Å². The van der Waals surface area contributed by atoms with Crippen LogP contribution in [0.5, 0.6) is 5.75 Å². The van der Waals surface area contributed by atoms with Crippen LogP contribution < -0.4 is 10.5 Å². The van der Waals surface area contributed by atoms with Gasteiger partial charge in [-0.25, -0.2) is 0 Å². The van der Waals surface area contributed by atoms with Crippen molar-refractivity contribution in [1.82, 2.24) is 4.57 Å². The maximum Gasteiger partial charge on any atom is 0.250 e. The Hall–Kier alpha value is -2.27. The first-order valence-electron chi connectivity index (χ1n) is 7.81. The lowest BCUT2D eigenvalue weighted by Crippen LogP contribution is -2.13. The Kier molecular flexibility index (Phi) is 5.82. The number of hydrogen-bond acceptors (Lipinski definition) is 3. The molecule has 0 atom stereocenters. The molecule has 5 heteroatoms. The molecule has 1 aromatic heterocycles. The zero-order chi connectivity index (χ0) is 16.8. The number of para-hydroxylation sites is 1. The van der Waals surface area contributed by atoms with Crippen LogP contribution in [0.2, 0.25) is 0 Å². The topological polar surface area (TPSA) is 66.5 Å². The summed E-state index contributed by atoms with van der Waals surface area (Å²) in [5, 5.41) is 0. The highest BCUT2D eigenvalue weighted by molar-refractivity contribution is 5.96. The minimum absolute atomic E-state index is 0.415. The first-order valence-corrected chi connectivity index (χ1v) is 7.81. The fourth-order valence-corrected chi connectivity index (χ4v) is 2.73. The van der Waals surface area contributed by atoms with E-state index in [-0.39, 0.29) is 0 Å². The van der Waals surface area contributed by atoms with Gasteiger partial charge < -0.3 is 19.8 Å². The number of rotatable bonds is 8. The summed E-state index contributed by atoms with van der Waals surface area (Å²) in [5.41, 5.74) is 8.81. The Labute approximate surface area is 137 Å². The Bertz CT molecular complexity index is 677. The van der Waals surface area contributed by atoms with Crippen LogP contribution in [-0.4, -0.2) is 30.8 Å². The number of primary amides is 1. The minimum Gasteiger partial charge on any atom is -0.496 e. The molecule has 2 aromatic rings. The predicted octanol–water partition coefficient (Wildman–Crippen LogP) is 3.00. The molecule has 0 saturated heterocycles. The van der Waals surface area contributed by atoms with E-state index in [4.69, 9.17) is 15.2 Å². The van der Waals surface area contributed by atoms with Gasteiger partial charge in [0.15, 0.2) is 0 Å². The molecule has 0 radical (unpaired) electrons. The summed E-state index contributed by atoms with van der Waals surface area (Å²) in [7, 11) is 1.64. The Balaban J connectivity index is 2.44. The number of nitrogens with two attached hydrogens (primary N) is 1. The fourth-order valence-electron chi connectivity index (χ4n) is 2.73. The number of carbonyl (C=O) groups is 1. The first kappa shape index (κ1) is 17.1. The number of methoxy groups -OCH3 is 1. The summed E-state index contributed by atoms with van der Waals surface area (Å²) in [6.07, 6.45) is 0.865. The Morgan fingerprint density at radius 3 is 2.70 bits per heavy atom. The summed E-state index contributed by atoms with van der Waals surface area (Å²) >= 11 is 0. The predicted molar refractivity (Wildman–Crippen MR) is 90.8 cm³/mol. The third-order valence-electron chi connectivity index (χ3n) is 3.89. The number of amides is 1. The van der Waals surface area contributed by atoms with Crippen LogP contribution in [-0.2, 0) is 11.3 Å². The molecular weight excluding hydrogens is 292 g/mol. The number of benzene rings is 1. The largest absolute Gasteiger partial charge is 0.496 e. The lowest BCUT2D eigenvalue weighted by atomic mass is 10.1. The second-order valence-corrected chi connectivity index (χ2v) is 5.30. The van der Waals surface area contributed by atoms with Gasteiger partial charge in [0.05, 0.1) is 18.4 Å². The van der Waals surface area contributed by atoms with Crippen molar-refractivity contribution >= 4 is 5.91 Å². The highest BCUT2D eigenvalue weighted by atomic mass is 16.5. The van der Waals surface area contributed by atoms with E-state index in [1.165, 1.54) is 0 Å². The van der Waals surface area contributed by atoms with E-state index in [0.717, 1.165) is 35.7 Å². The van der Waals surface area contributed by atoms with Gasteiger partial charge in [0.1, 0.15) is 5.75 Å². The SMILES string of the molecule is CCOCCCn1c(-c2ccccc2OC)cc(C(N)=O)c1C. The molecule has 0 spiro atoms. The van der Waals surface area contributed by atoms with Gasteiger partial charge >= 0.3 is 0 Å². The van der Waals surface area contributed by atoms with Gasteiger partial charge in [0.25, 0.3) is 5.91 Å². The van der Waals surface area contributed by atoms with Gasteiger partial charge in [0, 0.05) is 31.0 Å². The van der Waals surface area contributed by atoms with Gasteiger partial charge in [-0.1, -0.05) is 12.1 Å². The van der Waals surface area contributed by atoms with E-state index in [2.05, 4.69) is 4.57 Å². The Morgan fingerprint density at radius 1 is 1.30 bits per heavy atom. The zero-order valence-corrected chi connectivity index (χ0v) is 14.0. The van der Waals surface area contributed by atoms with Gasteiger partial charge in [0.2, 0.25) is 0 Å². The molecule has 5 nitrogen and oxygen atoms in total. The van der Waals surface area contributed by atoms with Crippen molar-refractivity contribution < 1.29 is 14.3 Å². The lowest BCUT2D eigenvalue weighted by molar-refractivity contribution is 0.0999. The molecule has 124 valence electrons. The molecule has 0 unspecified atom stereocenters. The van der Waals surface area contributed by atoms with Crippen LogP contribution in [0.15, 0.2) is 30.3 Å². The third kappa shape index (κ3) is 3.74. The highest BCUT2D eigenvalue weighted by Crippen LogP contribution is 2.33. The zero-order valence-electron chi connectivity index (χ0n) is 14.0. The van der Waals surface area contributed by atoms with Crippen molar-refractivity contribution in [3.05, 3.63) is 41.6 Å². The number of carbonyl (C=O) groups excluding carboxylic acids is 1. The molecular formula is C18H24N2O3. The van der Waals surface area contributed by atoms with Crippen molar-refractivity contribution in [2.24, 2.45) is 5.73 Å². The number of aromatic nitrogens is 1. The van der Waals surface area contributed by atoms with Crippen LogP contribution in [0.4, 0.5) is 0 Å². The first-order chi connectivity index (χ1) is 11.1. The Morgan fingerprint density at radius 2 is 2.04 bits per heavy atom. The average molecular weight is 316 g/mol. The molecule has 1 heterocycles. The molecule has 0 saturated carbocycles.